The second kappa shape index (κ2) is 8.41. The molecule has 0 unspecified atom stereocenters. The number of carbonyl (C=O) groups excluding carboxylic acids is 2. The normalized spacial score (nSPS) is 16.7. The lowest BCUT2D eigenvalue weighted by atomic mass is 9.66. The number of nitrogens with zero attached hydrogens (tertiary/aromatic N) is 2. The molecule has 184 valence electrons. The molecular formula is C22H20Br2N10O2. The monoisotopic (exact) mass is 614 g/mol. The first-order chi connectivity index (χ1) is 17.3. The molecule has 14 heteroatoms. The van der Waals surface area contributed by atoms with E-state index in [1.165, 1.54) is 0 Å². The summed E-state index contributed by atoms with van der Waals surface area (Å²) in [5.41, 5.74) is 17.5. The zero-order valence-corrected chi connectivity index (χ0v) is 21.7. The van der Waals surface area contributed by atoms with Crippen molar-refractivity contribution in [1.29, 1.82) is 0 Å². The van der Waals surface area contributed by atoms with Crippen LogP contribution in [-0.2, 0) is 0 Å². The molecule has 4 heterocycles. The van der Waals surface area contributed by atoms with Gasteiger partial charge in [-0.25, -0.2) is 9.97 Å². The van der Waals surface area contributed by atoms with Crippen LogP contribution in [0.2, 0.25) is 0 Å². The van der Waals surface area contributed by atoms with E-state index in [0.29, 0.717) is 46.5 Å². The van der Waals surface area contributed by atoms with Crippen molar-refractivity contribution in [2.45, 2.75) is 11.8 Å². The van der Waals surface area contributed by atoms with Crippen molar-refractivity contribution in [2.75, 3.05) is 24.6 Å². The topological polar surface area (TPSA) is 199 Å². The summed E-state index contributed by atoms with van der Waals surface area (Å²) in [5, 5.41) is 5.99. The number of imidazole rings is 2. The van der Waals surface area contributed by atoms with Crippen molar-refractivity contribution in [3.8, 4) is 0 Å². The third-order valence-corrected chi connectivity index (χ3v) is 7.39. The number of aromatic amines is 4. The molecule has 0 saturated heterocycles. The maximum Gasteiger partial charge on any atom is 0.267 e. The van der Waals surface area contributed by atoms with Gasteiger partial charge in [0.05, 0.1) is 22.1 Å². The lowest BCUT2D eigenvalue weighted by Gasteiger charge is -2.40. The van der Waals surface area contributed by atoms with Gasteiger partial charge in [0, 0.05) is 46.3 Å². The summed E-state index contributed by atoms with van der Waals surface area (Å²) < 4.78 is 1.57. The van der Waals surface area contributed by atoms with Crippen molar-refractivity contribution in [2.24, 2.45) is 0 Å². The van der Waals surface area contributed by atoms with Crippen LogP contribution in [0, 0.1) is 0 Å². The number of fused-ring (bicyclic) bond motifs is 6. The summed E-state index contributed by atoms with van der Waals surface area (Å²) in [6.07, 6.45) is 3.39. The fourth-order valence-electron chi connectivity index (χ4n) is 4.93. The standard InChI is InChI=1S/C22H20Br2N10O2/c23-7-1-11(27-3-7)19(35)29-5-9-10(6-30-20(36)12-2-8(24)4-28-12)14-13(9)15-17(33-21(25)31-15)18-16(14)32-22(26)34-18/h1-4,9-10,27-28H,5-6H2,(H,29,35)(H,30,36)(H3,25,31,33)(H3,26,32,34)/t9-,10-/m1/s1. The highest BCUT2D eigenvalue weighted by molar-refractivity contribution is 9.10. The predicted octanol–water partition coefficient (Wildman–Crippen LogP) is 2.83. The largest absolute Gasteiger partial charge is 0.369 e. The number of benzene rings is 1. The average molecular weight is 616 g/mol. The highest BCUT2D eigenvalue weighted by atomic mass is 79.9. The molecule has 1 aliphatic carbocycles. The highest BCUT2D eigenvalue weighted by Crippen LogP contribution is 2.52. The van der Waals surface area contributed by atoms with E-state index < -0.39 is 0 Å². The van der Waals surface area contributed by atoms with E-state index in [1.54, 1.807) is 24.5 Å². The van der Waals surface area contributed by atoms with Crippen molar-refractivity contribution in [3.05, 3.63) is 56.0 Å². The number of hydrogen-bond donors (Lipinski definition) is 8. The lowest BCUT2D eigenvalue weighted by molar-refractivity contribution is 0.0927. The predicted molar refractivity (Wildman–Crippen MR) is 142 cm³/mol. The summed E-state index contributed by atoms with van der Waals surface area (Å²) in [7, 11) is 0. The zero-order valence-electron chi connectivity index (χ0n) is 18.5. The quantitative estimate of drug-likeness (QED) is 0.144. The third kappa shape index (κ3) is 3.64. The summed E-state index contributed by atoms with van der Waals surface area (Å²) in [4.78, 5) is 46.5. The molecule has 2 atom stereocenters. The summed E-state index contributed by atoms with van der Waals surface area (Å²) >= 11 is 6.69. The summed E-state index contributed by atoms with van der Waals surface area (Å²) in [6, 6.07) is 3.41. The van der Waals surface area contributed by atoms with E-state index in [1.807, 2.05) is 0 Å². The average Bonchev–Trinajstić information content (AvgIpc) is 3.60. The number of amides is 2. The maximum absolute atomic E-state index is 12.7. The second-order valence-electron chi connectivity index (χ2n) is 8.61. The Kier molecular flexibility index (Phi) is 5.30. The lowest BCUT2D eigenvalue weighted by Crippen LogP contribution is -2.42. The van der Waals surface area contributed by atoms with Gasteiger partial charge in [0.1, 0.15) is 11.4 Å². The maximum atomic E-state index is 12.7. The zero-order chi connectivity index (χ0) is 25.1. The van der Waals surface area contributed by atoms with Gasteiger partial charge in [-0.15, -0.1) is 0 Å². The molecule has 6 rings (SSSR count). The van der Waals surface area contributed by atoms with Crippen molar-refractivity contribution >= 4 is 77.6 Å². The first-order valence-corrected chi connectivity index (χ1v) is 12.6. The minimum absolute atomic E-state index is 0.148. The molecule has 0 bridgehead atoms. The van der Waals surface area contributed by atoms with E-state index in [4.69, 9.17) is 11.5 Å². The third-order valence-electron chi connectivity index (χ3n) is 6.47. The van der Waals surface area contributed by atoms with Crippen LogP contribution in [0.25, 0.3) is 22.1 Å². The minimum atomic E-state index is -0.240. The van der Waals surface area contributed by atoms with Gasteiger partial charge in [-0.05, 0) is 55.1 Å². The van der Waals surface area contributed by atoms with Gasteiger partial charge in [0.15, 0.2) is 11.9 Å². The number of anilines is 2. The summed E-state index contributed by atoms with van der Waals surface area (Å²) in [6.45, 7) is 0.647. The number of hydrogen-bond acceptors (Lipinski definition) is 6. The first kappa shape index (κ1) is 22.7. The number of rotatable bonds is 6. The van der Waals surface area contributed by atoms with Crippen LogP contribution in [0.1, 0.15) is 43.9 Å². The number of nitrogens with two attached hydrogens (primary N) is 2. The Hall–Kier alpha value is -3.78. The molecule has 0 aliphatic heterocycles. The Morgan fingerprint density at radius 3 is 1.58 bits per heavy atom. The van der Waals surface area contributed by atoms with Gasteiger partial charge in [0.2, 0.25) is 0 Å². The van der Waals surface area contributed by atoms with Crippen LogP contribution in [0.15, 0.2) is 33.5 Å². The van der Waals surface area contributed by atoms with Crippen LogP contribution in [0.3, 0.4) is 0 Å². The van der Waals surface area contributed by atoms with E-state index in [9.17, 15) is 9.59 Å². The molecule has 0 fully saturated rings. The Labute approximate surface area is 219 Å². The van der Waals surface area contributed by atoms with Crippen LogP contribution in [0.5, 0.6) is 0 Å². The van der Waals surface area contributed by atoms with Crippen molar-refractivity contribution in [1.82, 2.24) is 40.5 Å². The number of carbonyl (C=O) groups is 2. The van der Waals surface area contributed by atoms with Crippen LogP contribution in [0.4, 0.5) is 11.9 Å². The number of halogens is 2. The van der Waals surface area contributed by atoms with Gasteiger partial charge in [-0.2, -0.15) is 0 Å². The molecule has 36 heavy (non-hydrogen) atoms. The number of nitrogen functional groups attached to an aromatic ring is 2. The summed E-state index contributed by atoms with van der Waals surface area (Å²) in [5.74, 6) is -0.245. The van der Waals surface area contributed by atoms with Crippen molar-refractivity contribution < 1.29 is 9.59 Å². The van der Waals surface area contributed by atoms with Crippen LogP contribution < -0.4 is 22.1 Å². The molecule has 5 aromatic rings. The Morgan fingerprint density at radius 1 is 0.806 bits per heavy atom. The van der Waals surface area contributed by atoms with E-state index in [-0.39, 0.29) is 35.5 Å². The molecular weight excluding hydrogens is 596 g/mol. The molecule has 0 saturated carbocycles. The van der Waals surface area contributed by atoms with Gasteiger partial charge >= 0.3 is 0 Å². The van der Waals surface area contributed by atoms with Gasteiger partial charge in [0.25, 0.3) is 11.8 Å². The van der Waals surface area contributed by atoms with E-state index >= 15 is 0 Å². The van der Waals surface area contributed by atoms with Crippen LogP contribution in [-0.4, -0.2) is 54.8 Å². The fraction of sp³-hybridized carbons (Fsp3) is 0.182. The SMILES string of the molecule is Nc1nc2c3c(c4nc(N)[nH]c4c2[nH]1)[C@H](CNC(=O)c1cc(Br)c[nH]1)[C@H]3CNC(=O)c1cc(Br)c[nH]1. The van der Waals surface area contributed by atoms with Gasteiger partial charge < -0.3 is 42.0 Å². The molecule has 0 radical (unpaired) electrons. The number of nitrogens with one attached hydrogen (secondary N) is 6. The fourth-order valence-corrected chi connectivity index (χ4v) is 5.62. The van der Waals surface area contributed by atoms with Crippen LogP contribution >= 0.6 is 31.9 Å². The minimum Gasteiger partial charge on any atom is -0.369 e. The molecule has 0 spiro atoms. The van der Waals surface area contributed by atoms with E-state index in [0.717, 1.165) is 20.1 Å². The molecule has 12 nitrogen and oxygen atoms in total. The number of aromatic nitrogens is 6. The Bertz CT molecular complexity index is 1540. The smallest absolute Gasteiger partial charge is 0.267 e. The molecule has 10 N–H and O–H groups in total. The molecule has 1 aromatic carbocycles. The second-order valence-corrected chi connectivity index (χ2v) is 10.4. The Balaban J connectivity index is 1.36. The van der Waals surface area contributed by atoms with E-state index in [2.05, 4.69) is 72.4 Å². The molecule has 1 aliphatic rings. The Morgan fingerprint density at radius 2 is 1.22 bits per heavy atom. The molecule has 2 amide bonds. The van der Waals surface area contributed by atoms with Gasteiger partial charge in [-0.1, -0.05) is 0 Å². The van der Waals surface area contributed by atoms with Crippen molar-refractivity contribution in [3.63, 3.8) is 0 Å². The number of H-pyrrole nitrogens is 4. The highest BCUT2D eigenvalue weighted by Gasteiger charge is 2.43. The van der Waals surface area contributed by atoms with Gasteiger partial charge in [-0.3, -0.25) is 9.59 Å². The molecule has 4 aromatic heterocycles. The first-order valence-electron chi connectivity index (χ1n) is 11.0.